The first-order chi connectivity index (χ1) is 14.6. The fraction of sp³-hybridized carbons (Fsp3) is 0.304. The number of benzene rings is 1. The van der Waals surface area contributed by atoms with E-state index < -0.39 is 0 Å². The van der Waals surface area contributed by atoms with Crippen LogP contribution in [0.1, 0.15) is 18.2 Å². The smallest absolute Gasteiger partial charge is 0.227 e. The molecule has 6 nitrogen and oxygen atoms in total. The lowest BCUT2D eigenvalue weighted by Gasteiger charge is -2.35. The molecule has 1 amide bonds. The molecule has 1 aliphatic rings. The fourth-order valence-electron chi connectivity index (χ4n) is 3.55. The molecule has 0 aliphatic carbocycles. The minimum absolute atomic E-state index is 0.128. The van der Waals surface area contributed by atoms with Crippen LogP contribution in [-0.2, 0) is 17.6 Å². The Hall–Kier alpha value is -2.99. The average molecular weight is 422 g/mol. The molecule has 4 rings (SSSR count). The van der Waals surface area contributed by atoms with E-state index in [0.29, 0.717) is 30.4 Å². The van der Waals surface area contributed by atoms with Gasteiger partial charge in [0.2, 0.25) is 5.91 Å². The Labute approximate surface area is 181 Å². The van der Waals surface area contributed by atoms with Gasteiger partial charge in [0, 0.05) is 49.2 Å². The molecule has 0 N–H and O–H groups in total. The molecule has 0 radical (unpaired) electrons. The van der Waals surface area contributed by atoms with E-state index in [9.17, 15) is 4.79 Å². The second-order valence-corrected chi connectivity index (χ2v) is 7.72. The quantitative estimate of drug-likeness (QED) is 0.629. The molecule has 3 heterocycles. The second kappa shape index (κ2) is 9.22. The first-order valence-electron chi connectivity index (χ1n) is 10.2. The number of nitrogens with zero attached hydrogens (tertiary/aromatic N) is 5. The van der Waals surface area contributed by atoms with Gasteiger partial charge in [0.1, 0.15) is 11.5 Å². The van der Waals surface area contributed by atoms with Crippen LogP contribution in [0.5, 0.6) is 0 Å². The van der Waals surface area contributed by atoms with Crippen LogP contribution in [0.3, 0.4) is 0 Å². The SMILES string of the molecule is CCc1cc(N2CCN(C(=O)Cc3cccc(Cl)c3)CC2)nc(-c2ccccn2)n1. The van der Waals surface area contributed by atoms with Gasteiger partial charge < -0.3 is 9.80 Å². The lowest BCUT2D eigenvalue weighted by atomic mass is 10.1. The van der Waals surface area contributed by atoms with E-state index >= 15 is 0 Å². The third-order valence-corrected chi connectivity index (χ3v) is 5.46. The van der Waals surface area contributed by atoms with Gasteiger partial charge in [-0.3, -0.25) is 9.78 Å². The van der Waals surface area contributed by atoms with Gasteiger partial charge in [0.15, 0.2) is 5.82 Å². The number of anilines is 1. The number of hydrogen-bond acceptors (Lipinski definition) is 5. The lowest BCUT2D eigenvalue weighted by Crippen LogP contribution is -2.49. The van der Waals surface area contributed by atoms with Crippen LogP contribution in [-0.4, -0.2) is 51.9 Å². The molecule has 3 aromatic rings. The fourth-order valence-corrected chi connectivity index (χ4v) is 3.77. The Morgan fingerprint density at radius 2 is 1.87 bits per heavy atom. The van der Waals surface area contributed by atoms with Crippen LogP contribution >= 0.6 is 11.6 Å². The minimum atomic E-state index is 0.128. The number of rotatable bonds is 5. The monoisotopic (exact) mass is 421 g/mol. The summed E-state index contributed by atoms with van der Waals surface area (Å²) < 4.78 is 0. The van der Waals surface area contributed by atoms with Crippen molar-refractivity contribution in [2.45, 2.75) is 19.8 Å². The maximum Gasteiger partial charge on any atom is 0.227 e. The molecule has 0 bridgehead atoms. The Bertz CT molecular complexity index is 1020. The maximum atomic E-state index is 12.7. The van der Waals surface area contributed by atoms with Crippen LogP contribution in [0, 0.1) is 0 Å². The van der Waals surface area contributed by atoms with Crippen molar-refractivity contribution in [2.24, 2.45) is 0 Å². The predicted octanol–water partition coefficient (Wildman–Crippen LogP) is 3.65. The van der Waals surface area contributed by atoms with Crippen molar-refractivity contribution < 1.29 is 4.79 Å². The highest BCUT2D eigenvalue weighted by atomic mass is 35.5. The Kier molecular flexibility index (Phi) is 6.23. The molecular weight excluding hydrogens is 398 g/mol. The van der Waals surface area contributed by atoms with E-state index in [2.05, 4.69) is 21.8 Å². The highest BCUT2D eigenvalue weighted by Crippen LogP contribution is 2.21. The van der Waals surface area contributed by atoms with E-state index in [1.807, 2.05) is 53.4 Å². The molecule has 7 heteroatoms. The van der Waals surface area contributed by atoms with Crippen LogP contribution in [0.15, 0.2) is 54.7 Å². The van der Waals surface area contributed by atoms with Crippen LogP contribution in [0.25, 0.3) is 11.5 Å². The highest BCUT2D eigenvalue weighted by molar-refractivity contribution is 6.30. The summed E-state index contributed by atoms with van der Waals surface area (Å²) in [5, 5.41) is 0.657. The lowest BCUT2D eigenvalue weighted by molar-refractivity contribution is -0.130. The molecule has 1 saturated heterocycles. The van der Waals surface area contributed by atoms with Crippen LogP contribution in [0.2, 0.25) is 5.02 Å². The standard InChI is InChI=1S/C23H24ClN5O/c1-2-19-16-21(27-23(26-19)20-8-3-4-9-25-20)28-10-12-29(13-11-28)22(30)15-17-6-5-7-18(24)14-17/h3-9,14,16H,2,10-13,15H2,1H3. The largest absolute Gasteiger partial charge is 0.353 e. The van der Waals surface area contributed by atoms with Crippen LogP contribution in [0.4, 0.5) is 5.82 Å². The Morgan fingerprint density at radius 3 is 2.57 bits per heavy atom. The zero-order valence-corrected chi connectivity index (χ0v) is 17.7. The van der Waals surface area contributed by atoms with E-state index in [-0.39, 0.29) is 5.91 Å². The van der Waals surface area contributed by atoms with Gasteiger partial charge >= 0.3 is 0 Å². The number of pyridine rings is 1. The summed E-state index contributed by atoms with van der Waals surface area (Å²) in [5.74, 6) is 1.66. The molecular formula is C23H24ClN5O. The van der Waals surface area contributed by atoms with Crippen molar-refractivity contribution in [2.75, 3.05) is 31.1 Å². The zero-order chi connectivity index (χ0) is 20.9. The molecule has 1 fully saturated rings. The summed E-state index contributed by atoms with van der Waals surface area (Å²) in [4.78, 5) is 30.6. The number of aryl methyl sites for hydroxylation is 1. The Balaban J connectivity index is 1.44. The van der Waals surface area contributed by atoms with Crippen molar-refractivity contribution in [3.8, 4) is 11.5 Å². The number of hydrogen-bond donors (Lipinski definition) is 0. The number of halogens is 1. The summed E-state index contributed by atoms with van der Waals surface area (Å²) in [6.45, 7) is 4.90. The average Bonchev–Trinajstić information content (AvgIpc) is 2.79. The molecule has 1 aliphatic heterocycles. The molecule has 0 unspecified atom stereocenters. The highest BCUT2D eigenvalue weighted by Gasteiger charge is 2.23. The van der Waals surface area contributed by atoms with Gasteiger partial charge in [0.05, 0.1) is 6.42 Å². The van der Waals surface area contributed by atoms with E-state index in [4.69, 9.17) is 16.6 Å². The molecule has 0 saturated carbocycles. The normalized spacial score (nSPS) is 14.1. The molecule has 0 atom stereocenters. The summed E-state index contributed by atoms with van der Waals surface area (Å²) in [6, 6.07) is 15.3. The van der Waals surface area contributed by atoms with Gasteiger partial charge in [-0.1, -0.05) is 36.7 Å². The number of carbonyl (C=O) groups excluding carboxylic acids is 1. The number of amides is 1. The topological polar surface area (TPSA) is 62.2 Å². The summed E-state index contributed by atoms with van der Waals surface area (Å²) >= 11 is 6.03. The maximum absolute atomic E-state index is 12.7. The van der Waals surface area contributed by atoms with Crippen molar-refractivity contribution in [3.05, 3.63) is 71.0 Å². The van der Waals surface area contributed by atoms with Crippen molar-refractivity contribution in [3.63, 3.8) is 0 Å². The molecule has 1 aromatic carbocycles. The first kappa shape index (κ1) is 20.3. The molecule has 30 heavy (non-hydrogen) atoms. The number of piperazine rings is 1. The third kappa shape index (κ3) is 4.76. The summed E-state index contributed by atoms with van der Waals surface area (Å²) in [6.07, 6.45) is 2.95. The van der Waals surface area contributed by atoms with Gasteiger partial charge in [-0.25, -0.2) is 9.97 Å². The van der Waals surface area contributed by atoms with Gasteiger partial charge in [-0.2, -0.15) is 0 Å². The van der Waals surface area contributed by atoms with Gasteiger partial charge in [0.25, 0.3) is 0 Å². The summed E-state index contributed by atoms with van der Waals surface area (Å²) in [7, 11) is 0. The first-order valence-corrected chi connectivity index (χ1v) is 10.6. The third-order valence-electron chi connectivity index (χ3n) is 5.22. The van der Waals surface area contributed by atoms with E-state index in [1.165, 1.54) is 0 Å². The number of carbonyl (C=O) groups is 1. The van der Waals surface area contributed by atoms with Crippen molar-refractivity contribution in [1.29, 1.82) is 0 Å². The van der Waals surface area contributed by atoms with Gasteiger partial charge in [-0.15, -0.1) is 0 Å². The molecule has 0 spiro atoms. The predicted molar refractivity (Wildman–Crippen MR) is 119 cm³/mol. The van der Waals surface area contributed by atoms with E-state index in [1.54, 1.807) is 6.20 Å². The van der Waals surface area contributed by atoms with Crippen LogP contribution < -0.4 is 4.90 Å². The summed E-state index contributed by atoms with van der Waals surface area (Å²) in [5.41, 5.74) is 2.70. The minimum Gasteiger partial charge on any atom is -0.353 e. The van der Waals surface area contributed by atoms with Gasteiger partial charge in [-0.05, 0) is 36.2 Å². The number of aromatic nitrogens is 3. The Morgan fingerprint density at radius 1 is 1.03 bits per heavy atom. The second-order valence-electron chi connectivity index (χ2n) is 7.28. The van der Waals surface area contributed by atoms with E-state index in [0.717, 1.165) is 42.3 Å². The van der Waals surface area contributed by atoms with Crippen molar-refractivity contribution >= 4 is 23.3 Å². The molecule has 2 aromatic heterocycles. The molecule has 154 valence electrons. The van der Waals surface area contributed by atoms with Crippen molar-refractivity contribution in [1.82, 2.24) is 19.9 Å². The zero-order valence-electron chi connectivity index (χ0n) is 17.0.